The summed E-state index contributed by atoms with van der Waals surface area (Å²) in [7, 11) is 0. The summed E-state index contributed by atoms with van der Waals surface area (Å²) < 4.78 is 0. The van der Waals surface area contributed by atoms with Crippen molar-refractivity contribution in [2.45, 2.75) is 63.7 Å². The predicted molar refractivity (Wildman–Crippen MR) is 129 cm³/mol. The van der Waals surface area contributed by atoms with E-state index in [1.54, 1.807) is 50.8 Å². The molecule has 0 saturated heterocycles. The van der Waals surface area contributed by atoms with Crippen LogP contribution >= 0.6 is 23.1 Å². The summed E-state index contributed by atoms with van der Waals surface area (Å²) in [6.45, 7) is 10.9. The van der Waals surface area contributed by atoms with Gasteiger partial charge in [0, 0.05) is 22.0 Å². The third kappa shape index (κ3) is 6.65. The maximum Gasteiger partial charge on any atom is 0.188 e. The Kier molecular flexibility index (Phi) is 6.92. The molecule has 0 atom stereocenters. The first-order valence-corrected chi connectivity index (χ1v) is 11.9. The molecule has 3 aromatic rings. The second kappa shape index (κ2) is 9.13. The first kappa shape index (κ1) is 23.5. The third-order valence-electron chi connectivity index (χ3n) is 4.47. The number of thioether (sulfide) groups is 1. The molecular formula is C25H28N2O2S2. The molecule has 2 aromatic heterocycles. The number of benzene rings is 1. The SMILES string of the molecule is Cc1cc(C)nc(SCc2cc(C#CC(C)(C)O)sc2-c2ccc(C(C)(C)O)cc2)n1. The number of thiophene rings is 1. The van der Waals surface area contributed by atoms with Gasteiger partial charge in [0.15, 0.2) is 5.16 Å². The molecule has 0 unspecified atom stereocenters. The van der Waals surface area contributed by atoms with Crippen LogP contribution < -0.4 is 0 Å². The molecule has 0 radical (unpaired) electrons. The number of aliphatic hydroxyl groups is 2. The van der Waals surface area contributed by atoms with E-state index in [1.807, 2.05) is 44.2 Å². The number of hydrogen-bond acceptors (Lipinski definition) is 6. The fraction of sp³-hybridized carbons (Fsp3) is 0.360. The van der Waals surface area contributed by atoms with Gasteiger partial charge in [0.05, 0.1) is 10.5 Å². The topological polar surface area (TPSA) is 66.2 Å². The van der Waals surface area contributed by atoms with Crippen LogP contribution in [-0.4, -0.2) is 25.8 Å². The second-order valence-electron chi connectivity index (χ2n) is 8.63. The maximum absolute atomic E-state index is 10.3. The lowest BCUT2D eigenvalue weighted by Crippen LogP contribution is -2.14. The van der Waals surface area contributed by atoms with Crippen molar-refractivity contribution in [1.82, 2.24) is 9.97 Å². The lowest BCUT2D eigenvalue weighted by Gasteiger charge is -2.17. The van der Waals surface area contributed by atoms with Crippen LogP contribution in [0.1, 0.15) is 55.1 Å². The van der Waals surface area contributed by atoms with Crippen molar-refractivity contribution in [3.05, 3.63) is 63.8 Å². The second-order valence-corrected chi connectivity index (χ2v) is 10.6. The van der Waals surface area contributed by atoms with Crippen LogP contribution in [0.2, 0.25) is 0 Å². The molecule has 0 aliphatic rings. The molecule has 1 aromatic carbocycles. The highest BCUT2D eigenvalue weighted by Crippen LogP contribution is 2.36. The molecule has 162 valence electrons. The standard InChI is InChI=1S/C25H28N2O2S2/c1-16-13-17(2)27-23(26-16)30-15-19-14-21(11-12-24(3,4)28)31-22(19)18-7-9-20(10-8-18)25(5,6)29/h7-10,13-14,28-29H,15H2,1-6H3. The van der Waals surface area contributed by atoms with Crippen LogP contribution in [0, 0.1) is 25.7 Å². The summed E-state index contributed by atoms with van der Waals surface area (Å²) in [5.74, 6) is 6.72. The summed E-state index contributed by atoms with van der Waals surface area (Å²) >= 11 is 3.21. The van der Waals surface area contributed by atoms with Crippen molar-refractivity contribution in [3.8, 4) is 22.3 Å². The molecule has 0 bridgehead atoms. The summed E-state index contributed by atoms with van der Waals surface area (Å²) in [4.78, 5) is 11.1. The van der Waals surface area contributed by atoms with Gasteiger partial charge in [-0.3, -0.25) is 0 Å². The fourth-order valence-electron chi connectivity index (χ4n) is 2.99. The Labute approximate surface area is 192 Å². The lowest BCUT2D eigenvalue weighted by atomic mass is 9.97. The van der Waals surface area contributed by atoms with Crippen molar-refractivity contribution in [2.24, 2.45) is 0 Å². The molecule has 0 aliphatic carbocycles. The van der Waals surface area contributed by atoms with Gasteiger partial charge in [0.1, 0.15) is 5.60 Å². The molecule has 0 fully saturated rings. The number of aryl methyl sites for hydroxylation is 2. The molecule has 31 heavy (non-hydrogen) atoms. The van der Waals surface area contributed by atoms with E-state index in [2.05, 4.69) is 27.9 Å². The lowest BCUT2D eigenvalue weighted by molar-refractivity contribution is 0.0786. The molecule has 2 N–H and O–H groups in total. The monoisotopic (exact) mass is 452 g/mol. The molecule has 6 heteroatoms. The van der Waals surface area contributed by atoms with Crippen molar-refractivity contribution in [2.75, 3.05) is 0 Å². The Balaban J connectivity index is 1.95. The van der Waals surface area contributed by atoms with Crippen molar-refractivity contribution in [3.63, 3.8) is 0 Å². The molecule has 3 rings (SSSR count). The zero-order valence-corrected chi connectivity index (χ0v) is 20.4. The van der Waals surface area contributed by atoms with E-state index in [-0.39, 0.29) is 0 Å². The Morgan fingerprint density at radius 2 is 1.58 bits per heavy atom. The molecule has 2 heterocycles. The summed E-state index contributed by atoms with van der Waals surface area (Å²) in [5, 5.41) is 21.0. The third-order valence-corrected chi connectivity index (χ3v) is 6.51. The predicted octanol–water partition coefficient (Wildman–Crippen LogP) is 5.46. The van der Waals surface area contributed by atoms with Crippen LogP contribution in [0.25, 0.3) is 10.4 Å². The van der Waals surface area contributed by atoms with Gasteiger partial charge in [0.2, 0.25) is 0 Å². The van der Waals surface area contributed by atoms with E-state index in [0.717, 1.165) is 43.0 Å². The van der Waals surface area contributed by atoms with Gasteiger partial charge < -0.3 is 10.2 Å². The highest BCUT2D eigenvalue weighted by Gasteiger charge is 2.17. The zero-order chi connectivity index (χ0) is 22.8. The van der Waals surface area contributed by atoms with Crippen LogP contribution in [0.3, 0.4) is 0 Å². The number of hydrogen-bond donors (Lipinski definition) is 2. The van der Waals surface area contributed by atoms with Crippen LogP contribution in [0.15, 0.2) is 41.6 Å². The van der Waals surface area contributed by atoms with E-state index in [1.165, 1.54) is 0 Å². The highest BCUT2D eigenvalue weighted by atomic mass is 32.2. The Morgan fingerprint density at radius 3 is 2.13 bits per heavy atom. The van der Waals surface area contributed by atoms with Crippen LogP contribution in [0.5, 0.6) is 0 Å². The minimum Gasteiger partial charge on any atom is -0.386 e. The van der Waals surface area contributed by atoms with E-state index in [0.29, 0.717) is 5.75 Å². The molecule has 0 saturated carbocycles. The summed E-state index contributed by atoms with van der Waals surface area (Å²) in [6, 6.07) is 12.0. The maximum atomic E-state index is 10.3. The summed E-state index contributed by atoms with van der Waals surface area (Å²) in [5.41, 5.74) is 3.09. The number of aromatic nitrogens is 2. The average molecular weight is 453 g/mol. The Hall–Kier alpha value is -2.17. The van der Waals surface area contributed by atoms with Crippen LogP contribution in [0.4, 0.5) is 0 Å². The first-order chi connectivity index (χ1) is 14.4. The van der Waals surface area contributed by atoms with Gasteiger partial charge >= 0.3 is 0 Å². The van der Waals surface area contributed by atoms with Crippen molar-refractivity contribution < 1.29 is 10.2 Å². The van der Waals surface area contributed by atoms with E-state index in [9.17, 15) is 10.2 Å². The van der Waals surface area contributed by atoms with Gasteiger partial charge in [-0.1, -0.05) is 47.9 Å². The van der Waals surface area contributed by atoms with Crippen molar-refractivity contribution in [1.29, 1.82) is 0 Å². The van der Waals surface area contributed by atoms with Crippen LogP contribution in [-0.2, 0) is 11.4 Å². The minimum absolute atomic E-state index is 0.714. The fourth-order valence-corrected chi connectivity index (χ4v) is 5.05. The van der Waals surface area contributed by atoms with E-state index in [4.69, 9.17) is 0 Å². The number of nitrogens with zero attached hydrogens (tertiary/aromatic N) is 2. The normalized spacial score (nSPS) is 11.9. The quantitative estimate of drug-likeness (QED) is 0.305. The molecular weight excluding hydrogens is 424 g/mol. The van der Waals surface area contributed by atoms with Gasteiger partial charge in [0.25, 0.3) is 0 Å². The smallest absolute Gasteiger partial charge is 0.188 e. The Bertz CT molecular complexity index is 1110. The van der Waals surface area contributed by atoms with Gasteiger partial charge in [-0.05, 0) is 70.4 Å². The zero-order valence-electron chi connectivity index (χ0n) is 18.8. The average Bonchev–Trinajstić information content (AvgIpc) is 3.06. The number of rotatable bonds is 5. The van der Waals surface area contributed by atoms with Gasteiger partial charge in [-0.15, -0.1) is 11.3 Å². The van der Waals surface area contributed by atoms with Crippen molar-refractivity contribution >= 4 is 23.1 Å². The molecule has 0 amide bonds. The molecule has 4 nitrogen and oxygen atoms in total. The van der Waals surface area contributed by atoms with E-state index < -0.39 is 11.2 Å². The first-order valence-electron chi connectivity index (χ1n) is 10.1. The largest absolute Gasteiger partial charge is 0.386 e. The van der Waals surface area contributed by atoms with E-state index >= 15 is 0 Å². The Morgan fingerprint density at radius 1 is 0.968 bits per heavy atom. The molecule has 0 aliphatic heterocycles. The highest BCUT2D eigenvalue weighted by molar-refractivity contribution is 7.98. The van der Waals surface area contributed by atoms with Gasteiger partial charge in [-0.25, -0.2) is 9.97 Å². The minimum atomic E-state index is -1.04. The van der Waals surface area contributed by atoms with Gasteiger partial charge in [-0.2, -0.15) is 0 Å². The summed E-state index contributed by atoms with van der Waals surface area (Å²) in [6.07, 6.45) is 0. The molecule has 0 spiro atoms.